The average Bonchev–Trinajstić information content (AvgIpc) is 2.82. The van der Waals surface area contributed by atoms with Crippen LogP contribution in [-0.2, 0) is 0 Å². The van der Waals surface area contributed by atoms with Gasteiger partial charge in [0.15, 0.2) is 0 Å². The summed E-state index contributed by atoms with van der Waals surface area (Å²) in [6.07, 6.45) is 2.75. The van der Waals surface area contributed by atoms with Crippen molar-refractivity contribution in [3.63, 3.8) is 0 Å². The summed E-state index contributed by atoms with van der Waals surface area (Å²) < 4.78 is 2.20. The predicted octanol–water partition coefficient (Wildman–Crippen LogP) is 2.57. The second kappa shape index (κ2) is 5.54. The monoisotopic (exact) mass is 275 g/mol. The number of benzene rings is 1. The molecular formula is C16H25N3O. The highest BCUT2D eigenvalue weighted by atomic mass is 16.3. The third-order valence-corrected chi connectivity index (χ3v) is 4.36. The third-order valence-electron chi connectivity index (χ3n) is 4.36. The Balaban J connectivity index is 2.35. The van der Waals surface area contributed by atoms with Crippen LogP contribution in [0.1, 0.15) is 37.4 Å². The van der Waals surface area contributed by atoms with E-state index in [1.807, 2.05) is 20.3 Å². The molecule has 0 aliphatic heterocycles. The number of imidazole rings is 1. The van der Waals surface area contributed by atoms with Crippen LogP contribution in [0.2, 0.25) is 0 Å². The van der Waals surface area contributed by atoms with Crippen molar-refractivity contribution in [3.05, 3.63) is 29.6 Å². The van der Waals surface area contributed by atoms with Crippen LogP contribution < -0.4 is 5.32 Å². The fourth-order valence-electron chi connectivity index (χ4n) is 2.63. The highest BCUT2D eigenvalue weighted by Crippen LogP contribution is 2.26. The van der Waals surface area contributed by atoms with Crippen LogP contribution in [0, 0.1) is 13.8 Å². The average molecular weight is 275 g/mol. The van der Waals surface area contributed by atoms with E-state index in [1.54, 1.807) is 0 Å². The van der Waals surface area contributed by atoms with Gasteiger partial charge in [0, 0.05) is 11.6 Å². The molecule has 110 valence electrons. The van der Waals surface area contributed by atoms with Crippen molar-refractivity contribution in [3.8, 4) is 0 Å². The van der Waals surface area contributed by atoms with Gasteiger partial charge in [0.05, 0.1) is 24.0 Å². The van der Waals surface area contributed by atoms with Gasteiger partial charge in [-0.25, -0.2) is 4.98 Å². The number of likely N-dealkylation sites (N-methyl/N-ethyl adjacent to an activating group) is 1. The molecule has 1 aromatic heterocycles. The number of nitrogens with one attached hydrogen (secondary N) is 1. The number of aliphatic hydroxyl groups is 1. The Morgan fingerprint density at radius 1 is 1.35 bits per heavy atom. The van der Waals surface area contributed by atoms with Gasteiger partial charge in [-0.2, -0.15) is 0 Å². The summed E-state index contributed by atoms with van der Waals surface area (Å²) in [5.41, 5.74) is 4.48. The Morgan fingerprint density at radius 3 is 2.60 bits per heavy atom. The molecule has 0 aliphatic rings. The minimum absolute atomic E-state index is 0.124. The van der Waals surface area contributed by atoms with Crippen LogP contribution in [0.4, 0.5) is 0 Å². The predicted molar refractivity (Wildman–Crippen MR) is 83.1 cm³/mol. The molecule has 4 heteroatoms. The summed E-state index contributed by atoms with van der Waals surface area (Å²) in [5.74, 6) is 0. The minimum Gasteiger partial charge on any atom is -0.394 e. The van der Waals surface area contributed by atoms with Gasteiger partial charge in [-0.3, -0.25) is 0 Å². The number of nitrogens with zero attached hydrogens (tertiary/aromatic N) is 2. The topological polar surface area (TPSA) is 50.1 Å². The van der Waals surface area contributed by atoms with E-state index >= 15 is 0 Å². The van der Waals surface area contributed by atoms with Crippen LogP contribution in [0.3, 0.4) is 0 Å². The lowest BCUT2D eigenvalue weighted by atomic mass is 9.94. The van der Waals surface area contributed by atoms with Gasteiger partial charge in [0.2, 0.25) is 0 Å². The first-order valence-electron chi connectivity index (χ1n) is 7.14. The summed E-state index contributed by atoms with van der Waals surface area (Å²) in [7, 11) is 1.89. The van der Waals surface area contributed by atoms with Gasteiger partial charge in [-0.05, 0) is 64.4 Å². The number of hydrogen-bond donors (Lipinski definition) is 2. The Morgan fingerprint density at radius 2 is 2.00 bits per heavy atom. The van der Waals surface area contributed by atoms with E-state index in [9.17, 15) is 5.11 Å². The van der Waals surface area contributed by atoms with E-state index in [-0.39, 0.29) is 18.2 Å². The molecular weight excluding hydrogens is 250 g/mol. The van der Waals surface area contributed by atoms with Crippen molar-refractivity contribution in [1.29, 1.82) is 0 Å². The van der Waals surface area contributed by atoms with Gasteiger partial charge in [-0.1, -0.05) is 0 Å². The first-order chi connectivity index (χ1) is 9.40. The molecule has 2 unspecified atom stereocenters. The molecule has 0 bridgehead atoms. The van der Waals surface area contributed by atoms with E-state index < -0.39 is 0 Å². The van der Waals surface area contributed by atoms with Crippen LogP contribution in [-0.4, -0.2) is 33.9 Å². The van der Waals surface area contributed by atoms with Crippen LogP contribution in [0.15, 0.2) is 18.5 Å². The van der Waals surface area contributed by atoms with E-state index in [0.29, 0.717) is 0 Å². The quantitative estimate of drug-likeness (QED) is 0.882. The Labute approximate surface area is 120 Å². The first kappa shape index (κ1) is 15.0. The molecule has 0 aliphatic carbocycles. The molecule has 1 aromatic carbocycles. The molecule has 0 saturated carbocycles. The third kappa shape index (κ3) is 2.72. The van der Waals surface area contributed by atoms with Crippen molar-refractivity contribution in [2.75, 3.05) is 13.7 Å². The molecule has 0 fully saturated rings. The smallest absolute Gasteiger partial charge is 0.0960 e. The van der Waals surface area contributed by atoms with Crippen molar-refractivity contribution in [2.24, 2.45) is 0 Å². The molecule has 1 heterocycles. The summed E-state index contributed by atoms with van der Waals surface area (Å²) in [6, 6.07) is 4.60. The molecule has 2 N–H and O–H groups in total. The van der Waals surface area contributed by atoms with Crippen LogP contribution >= 0.6 is 0 Å². The Hall–Kier alpha value is -1.39. The van der Waals surface area contributed by atoms with E-state index in [1.165, 1.54) is 11.1 Å². The summed E-state index contributed by atoms with van der Waals surface area (Å²) >= 11 is 0. The molecule has 20 heavy (non-hydrogen) atoms. The first-order valence-corrected chi connectivity index (χ1v) is 7.14. The lowest BCUT2D eigenvalue weighted by Crippen LogP contribution is -2.44. The number of fused-ring (bicyclic) bond motifs is 1. The fraction of sp³-hybridized carbons (Fsp3) is 0.562. The zero-order valence-electron chi connectivity index (χ0n) is 13.1. The molecule has 0 spiro atoms. The maximum Gasteiger partial charge on any atom is 0.0960 e. The van der Waals surface area contributed by atoms with E-state index in [2.05, 4.69) is 47.8 Å². The molecule has 4 nitrogen and oxygen atoms in total. The number of aryl methyl sites for hydroxylation is 2. The molecule has 2 atom stereocenters. The zero-order chi connectivity index (χ0) is 14.9. The van der Waals surface area contributed by atoms with Gasteiger partial charge in [-0.15, -0.1) is 0 Å². The summed E-state index contributed by atoms with van der Waals surface area (Å²) in [4.78, 5) is 4.50. The molecule has 2 rings (SSSR count). The highest BCUT2D eigenvalue weighted by molar-refractivity contribution is 5.77. The largest absolute Gasteiger partial charge is 0.394 e. The van der Waals surface area contributed by atoms with Gasteiger partial charge in [0.1, 0.15) is 0 Å². The second-order valence-corrected chi connectivity index (χ2v) is 6.10. The molecule has 0 amide bonds. The lowest BCUT2D eigenvalue weighted by molar-refractivity contribution is 0.159. The number of hydrogen-bond acceptors (Lipinski definition) is 3. The standard InChI is InChI=1S/C16H25N3O/c1-11-6-14-15(7-12(11)2)19(10-18-14)13(3)8-16(4,9-20)17-5/h6-7,10,13,17,20H,8-9H2,1-5H3. The van der Waals surface area contributed by atoms with Gasteiger partial charge >= 0.3 is 0 Å². The number of aliphatic hydroxyl groups excluding tert-OH is 1. The Bertz CT molecular complexity index is 599. The minimum atomic E-state index is -0.268. The maximum atomic E-state index is 9.54. The summed E-state index contributed by atoms with van der Waals surface area (Å²) in [5, 5.41) is 12.7. The fourth-order valence-corrected chi connectivity index (χ4v) is 2.63. The SMILES string of the molecule is CNC(C)(CO)CC(C)n1cnc2cc(C)c(C)cc21. The summed E-state index contributed by atoms with van der Waals surface area (Å²) in [6.45, 7) is 8.57. The van der Waals surface area contributed by atoms with E-state index in [4.69, 9.17) is 0 Å². The lowest BCUT2D eigenvalue weighted by Gasteiger charge is -2.30. The Kier molecular flexibility index (Phi) is 4.16. The maximum absolute atomic E-state index is 9.54. The van der Waals surface area contributed by atoms with Gasteiger partial charge < -0.3 is 15.0 Å². The number of aromatic nitrogens is 2. The second-order valence-electron chi connectivity index (χ2n) is 6.10. The van der Waals surface area contributed by atoms with Crippen molar-refractivity contribution >= 4 is 11.0 Å². The molecule has 2 aromatic rings. The van der Waals surface area contributed by atoms with Gasteiger partial charge in [0.25, 0.3) is 0 Å². The van der Waals surface area contributed by atoms with Crippen LogP contribution in [0.25, 0.3) is 11.0 Å². The van der Waals surface area contributed by atoms with Crippen molar-refractivity contribution in [2.45, 2.75) is 45.7 Å². The molecule has 0 radical (unpaired) electrons. The van der Waals surface area contributed by atoms with E-state index in [0.717, 1.165) is 17.5 Å². The normalized spacial score (nSPS) is 16.3. The number of rotatable bonds is 5. The highest BCUT2D eigenvalue weighted by Gasteiger charge is 2.25. The van der Waals surface area contributed by atoms with Crippen molar-refractivity contribution < 1.29 is 5.11 Å². The molecule has 0 saturated heterocycles. The zero-order valence-corrected chi connectivity index (χ0v) is 13.1. The van der Waals surface area contributed by atoms with Crippen LogP contribution in [0.5, 0.6) is 0 Å². The van der Waals surface area contributed by atoms with Crippen molar-refractivity contribution in [1.82, 2.24) is 14.9 Å².